The molecule has 18 heavy (non-hydrogen) atoms. The van der Waals surface area contributed by atoms with Gasteiger partial charge in [-0.1, -0.05) is 17.7 Å². The highest BCUT2D eigenvalue weighted by atomic mass is 35.5. The molecule has 2 saturated heterocycles. The molecule has 1 N–H and O–H groups in total. The number of hydrogen-bond donors (Lipinski definition) is 1. The van der Waals surface area contributed by atoms with Crippen LogP contribution in [0.3, 0.4) is 0 Å². The largest absolute Gasteiger partial charge is 0.312 e. The van der Waals surface area contributed by atoms with Crippen LogP contribution in [0.1, 0.15) is 18.4 Å². The van der Waals surface area contributed by atoms with E-state index < -0.39 is 0 Å². The molecular weight excluding hydrogens is 251 g/mol. The fourth-order valence-corrected chi connectivity index (χ4v) is 3.28. The van der Waals surface area contributed by atoms with Gasteiger partial charge < -0.3 is 5.32 Å². The summed E-state index contributed by atoms with van der Waals surface area (Å²) in [7, 11) is 0. The summed E-state index contributed by atoms with van der Waals surface area (Å²) < 4.78 is 13.4. The standard InChI is InChI=1S/C14H18ClFN2/c15-12-4-3-10(6-13(12)16)7-18-8-11-2-1-5-17-14(11)9-18/h3-4,6,11,14,17H,1-2,5,7-9H2. The van der Waals surface area contributed by atoms with Crippen LogP contribution in [0.15, 0.2) is 18.2 Å². The van der Waals surface area contributed by atoms with Crippen molar-refractivity contribution >= 4 is 11.6 Å². The van der Waals surface area contributed by atoms with Crippen molar-refractivity contribution in [2.24, 2.45) is 5.92 Å². The van der Waals surface area contributed by atoms with Crippen LogP contribution in [-0.4, -0.2) is 30.6 Å². The van der Waals surface area contributed by atoms with Crippen LogP contribution in [0.2, 0.25) is 5.02 Å². The first-order valence-corrected chi connectivity index (χ1v) is 7.00. The maximum Gasteiger partial charge on any atom is 0.142 e. The molecule has 3 rings (SSSR count). The van der Waals surface area contributed by atoms with E-state index in [1.54, 1.807) is 12.1 Å². The Morgan fingerprint density at radius 2 is 2.28 bits per heavy atom. The molecule has 0 aromatic heterocycles. The zero-order valence-electron chi connectivity index (χ0n) is 10.3. The molecule has 0 aliphatic carbocycles. The Balaban J connectivity index is 1.64. The fraction of sp³-hybridized carbons (Fsp3) is 0.571. The van der Waals surface area contributed by atoms with Gasteiger partial charge in [0.2, 0.25) is 0 Å². The molecule has 0 radical (unpaired) electrons. The molecule has 0 saturated carbocycles. The quantitative estimate of drug-likeness (QED) is 0.887. The van der Waals surface area contributed by atoms with Gasteiger partial charge in [0.15, 0.2) is 0 Å². The van der Waals surface area contributed by atoms with E-state index in [0.29, 0.717) is 6.04 Å². The van der Waals surface area contributed by atoms with Gasteiger partial charge in [0, 0.05) is 25.7 Å². The predicted octanol–water partition coefficient (Wildman–Crippen LogP) is 2.66. The first-order valence-electron chi connectivity index (χ1n) is 6.62. The number of hydrogen-bond acceptors (Lipinski definition) is 2. The fourth-order valence-electron chi connectivity index (χ4n) is 3.16. The van der Waals surface area contributed by atoms with Crippen molar-refractivity contribution in [1.29, 1.82) is 0 Å². The van der Waals surface area contributed by atoms with Crippen molar-refractivity contribution in [3.8, 4) is 0 Å². The van der Waals surface area contributed by atoms with Crippen molar-refractivity contribution < 1.29 is 4.39 Å². The first-order chi connectivity index (χ1) is 8.72. The maximum atomic E-state index is 13.4. The van der Waals surface area contributed by atoms with Crippen LogP contribution in [0.4, 0.5) is 4.39 Å². The lowest BCUT2D eigenvalue weighted by Crippen LogP contribution is -2.40. The third-order valence-electron chi connectivity index (χ3n) is 4.07. The number of nitrogens with one attached hydrogen (secondary N) is 1. The predicted molar refractivity (Wildman–Crippen MR) is 71.2 cm³/mol. The van der Waals surface area contributed by atoms with Crippen LogP contribution in [0.5, 0.6) is 0 Å². The molecule has 0 bridgehead atoms. The summed E-state index contributed by atoms with van der Waals surface area (Å²) in [6.45, 7) is 4.17. The summed E-state index contributed by atoms with van der Waals surface area (Å²) in [4.78, 5) is 2.41. The van der Waals surface area contributed by atoms with Gasteiger partial charge in [-0.15, -0.1) is 0 Å². The van der Waals surface area contributed by atoms with Crippen LogP contribution in [0.25, 0.3) is 0 Å². The molecule has 4 heteroatoms. The Kier molecular flexibility index (Phi) is 3.55. The van der Waals surface area contributed by atoms with Crippen LogP contribution < -0.4 is 5.32 Å². The van der Waals surface area contributed by atoms with Gasteiger partial charge in [-0.3, -0.25) is 4.90 Å². The highest BCUT2D eigenvalue weighted by molar-refractivity contribution is 6.30. The van der Waals surface area contributed by atoms with Crippen LogP contribution in [0, 0.1) is 11.7 Å². The SMILES string of the molecule is Fc1cc(CN2CC3CCCNC3C2)ccc1Cl. The highest BCUT2D eigenvalue weighted by Crippen LogP contribution is 2.26. The van der Waals surface area contributed by atoms with Gasteiger partial charge in [0.1, 0.15) is 5.82 Å². The minimum absolute atomic E-state index is 0.204. The average Bonchev–Trinajstić information content (AvgIpc) is 2.76. The zero-order chi connectivity index (χ0) is 12.5. The van der Waals surface area contributed by atoms with E-state index in [0.717, 1.165) is 37.7 Å². The second-order valence-electron chi connectivity index (χ2n) is 5.41. The number of rotatable bonds is 2. The van der Waals surface area contributed by atoms with E-state index in [2.05, 4.69) is 10.2 Å². The number of fused-ring (bicyclic) bond motifs is 1. The van der Waals surface area contributed by atoms with E-state index >= 15 is 0 Å². The lowest BCUT2D eigenvalue weighted by atomic mass is 9.94. The summed E-state index contributed by atoms with van der Waals surface area (Å²) in [5, 5.41) is 3.78. The van der Waals surface area contributed by atoms with E-state index in [-0.39, 0.29) is 10.8 Å². The minimum Gasteiger partial charge on any atom is -0.312 e. The van der Waals surface area contributed by atoms with Gasteiger partial charge in [0.25, 0.3) is 0 Å². The summed E-state index contributed by atoms with van der Waals surface area (Å²) >= 11 is 5.70. The lowest BCUT2D eigenvalue weighted by Gasteiger charge is -2.24. The molecule has 2 nitrogen and oxygen atoms in total. The van der Waals surface area contributed by atoms with Gasteiger partial charge in [0.05, 0.1) is 5.02 Å². The van der Waals surface area contributed by atoms with Gasteiger partial charge in [-0.25, -0.2) is 4.39 Å². The number of likely N-dealkylation sites (tertiary alicyclic amines) is 1. The Bertz CT molecular complexity index is 424. The minimum atomic E-state index is -0.316. The average molecular weight is 269 g/mol. The second kappa shape index (κ2) is 5.16. The topological polar surface area (TPSA) is 15.3 Å². The summed E-state index contributed by atoms with van der Waals surface area (Å²) in [6, 6.07) is 5.75. The van der Waals surface area contributed by atoms with E-state index in [4.69, 9.17) is 11.6 Å². The van der Waals surface area contributed by atoms with Crippen LogP contribution in [-0.2, 0) is 6.54 Å². The third-order valence-corrected chi connectivity index (χ3v) is 4.37. The molecule has 0 amide bonds. The van der Waals surface area contributed by atoms with Gasteiger partial charge in [-0.05, 0) is 43.0 Å². The third kappa shape index (κ3) is 2.53. The molecule has 2 aliphatic heterocycles. The van der Waals surface area contributed by atoms with Crippen molar-refractivity contribution in [1.82, 2.24) is 10.2 Å². The maximum absolute atomic E-state index is 13.4. The number of benzene rings is 1. The van der Waals surface area contributed by atoms with E-state index in [1.165, 1.54) is 12.8 Å². The summed E-state index contributed by atoms with van der Waals surface area (Å²) in [6.07, 6.45) is 2.60. The normalized spacial score (nSPS) is 28.3. The Hall–Kier alpha value is -0.640. The molecule has 2 atom stereocenters. The molecule has 2 aliphatic rings. The highest BCUT2D eigenvalue weighted by Gasteiger charge is 2.33. The number of nitrogens with zero attached hydrogens (tertiary/aromatic N) is 1. The molecular formula is C14H18ClFN2. The number of piperidine rings is 1. The van der Waals surface area contributed by atoms with E-state index in [9.17, 15) is 4.39 Å². The molecule has 1 aromatic carbocycles. The molecule has 0 spiro atoms. The van der Waals surface area contributed by atoms with E-state index in [1.807, 2.05) is 6.07 Å². The van der Waals surface area contributed by atoms with Crippen molar-refractivity contribution in [2.75, 3.05) is 19.6 Å². The molecule has 2 heterocycles. The number of halogens is 2. The van der Waals surface area contributed by atoms with Gasteiger partial charge >= 0.3 is 0 Å². The molecule has 2 fully saturated rings. The lowest BCUT2D eigenvalue weighted by molar-refractivity contribution is 0.312. The van der Waals surface area contributed by atoms with Crippen molar-refractivity contribution in [3.05, 3.63) is 34.6 Å². The smallest absolute Gasteiger partial charge is 0.142 e. The molecule has 98 valence electrons. The molecule has 2 unspecified atom stereocenters. The van der Waals surface area contributed by atoms with Crippen molar-refractivity contribution in [3.63, 3.8) is 0 Å². The van der Waals surface area contributed by atoms with Crippen molar-refractivity contribution in [2.45, 2.75) is 25.4 Å². The van der Waals surface area contributed by atoms with Crippen LogP contribution >= 0.6 is 11.6 Å². The zero-order valence-corrected chi connectivity index (χ0v) is 11.1. The monoisotopic (exact) mass is 268 g/mol. The molecule has 1 aromatic rings. The first kappa shape index (κ1) is 12.4. The van der Waals surface area contributed by atoms with Gasteiger partial charge in [-0.2, -0.15) is 0 Å². The Labute approximate surface area is 112 Å². The Morgan fingerprint density at radius 3 is 3.06 bits per heavy atom. The Morgan fingerprint density at radius 1 is 1.39 bits per heavy atom. The summed E-state index contributed by atoms with van der Waals surface area (Å²) in [5.41, 5.74) is 1.01. The summed E-state index contributed by atoms with van der Waals surface area (Å²) in [5.74, 6) is 0.458. The second-order valence-corrected chi connectivity index (χ2v) is 5.81.